The fourth-order valence-corrected chi connectivity index (χ4v) is 3.18. The standard InChI is InChI=1S/C12H16N2O4S.H2/c1-12(2,3)13-19(16,17)8-5-6-9-10(7-8)18-11(15)14(9)4;/h5-7,13H,1-4H3;1H. The average Bonchev–Trinajstić information content (AvgIpc) is 2.51. The third-order valence-corrected chi connectivity index (χ3v) is 4.27. The molecule has 0 aliphatic heterocycles. The molecule has 1 aromatic carbocycles. The average molecular weight is 286 g/mol. The highest BCUT2D eigenvalue weighted by molar-refractivity contribution is 7.89. The summed E-state index contributed by atoms with van der Waals surface area (Å²) < 4.78 is 33.1. The van der Waals surface area contributed by atoms with Crippen LogP contribution in [-0.4, -0.2) is 18.5 Å². The lowest BCUT2D eigenvalue weighted by Gasteiger charge is -2.20. The SMILES string of the molecule is Cn1c(=O)oc2cc(S(=O)(=O)NC(C)(C)C)ccc21.[HH]. The minimum absolute atomic E-state index is 0. The Kier molecular flexibility index (Phi) is 3.06. The van der Waals surface area contributed by atoms with Crippen LogP contribution in [0.3, 0.4) is 0 Å². The van der Waals surface area contributed by atoms with Gasteiger partial charge in [-0.25, -0.2) is 17.9 Å². The molecule has 1 heterocycles. The number of rotatable bonds is 2. The number of oxazole rings is 1. The summed E-state index contributed by atoms with van der Waals surface area (Å²) >= 11 is 0. The number of fused-ring (bicyclic) bond motifs is 1. The monoisotopic (exact) mass is 286 g/mol. The molecule has 0 bridgehead atoms. The van der Waals surface area contributed by atoms with Gasteiger partial charge in [-0.3, -0.25) is 4.57 Å². The van der Waals surface area contributed by atoms with Crippen molar-refractivity contribution in [1.29, 1.82) is 0 Å². The van der Waals surface area contributed by atoms with Crippen molar-refractivity contribution in [2.24, 2.45) is 7.05 Å². The summed E-state index contributed by atoms with van der Waals surface area (Å²) in [6.07, 6.45) is 0. The van der Waals surface area contributed by atoms with Gasteiger partial charge < -0.3 is 4.42 Å². The van der Waals surface area contributed by atoms with Crippen molar-refractivity contribution < 1.29 is 14.3 Å². The normalized spacial score (nSPS) is 13.1. The van der Waals surface area contributed by atoms with E-state index in [1.54, 1.807) is 33.9 Å². The van der Waals surface area contributed by atoms with E-state index in [4.69, 9.17) is 4.42 Å². The van der Waals surface area contributed by atoms with Gasteiger partial charge in [0.2, 0.25) is 10.0 Å². The van der Waals surface area contributed by atoms with Crippen molar-refractivity contribution >= 4 is 21.1 Å². The molecule has 2 rings (SSSR count). The molecule has 1 aromatic heterocycles. The van der Waals surface area contributed by atoms with Crippen molar-refractivity contribution in [3.05, 3.63) is 28.7 Å². The molecule has 2 aromatic rings. The Bertz CT molecular complexity index is 784. The first kappa shape index (κ1) is 13.8. The van der Waals surface area contributed by atoms with Crippen molar-refractivity contribution in [3.63, 3.8) is 0 Å². The second-order valence-corrected chi connectivity index (χ2v) is 7.09. The molecule has 6 nitrogen and oxygen atoms in total. The number of aryl methyl sites for hydroxylation is 1. The summed E-state index contributed by atoms with van der Waals surface area (Å²) in [5.41, 5.74) is 0.231. The summed E-state index contributed by atoms with van der Waals surface area (Å²) in [5, 5.41) is 0. The molecular formula is C12H18N2O4S. The second kappa shape index (κ2) is 4.21. The van der Waals surface area contributed by atoms with Crippen LogP contribution >= 0.6 is 0 Å². The zero-order chi connectivity index (χ0) is 14.4. The summed E-state index contributed by atoms with van der Waals surface area (Å²) in [6.45, 7) is 5.27. The van der Waals surface area contributed by atoms with Crippen LogP contribution in [-0.2, 0) is 17.1 Å². The van der Waals surface area contributed by atoms with Gasteiger partial charge in [-0.2, -0.15) is 0 Å². The Morgan fingerprint density at radius 3 is 2.53 bits per heavy atom. The Morgan fingerprint density at radius 1 is 1.32 bits per heavy atom. The molecule has 0 saturated heterocycles. The Labute approximate surface area is 112 Å². The van der Waals surface area contributed by atoms with Crippen LogP contribution < -0.4 is 10.5 Å². The molecule has 0 unspecified atom stereocenters. The number of nitrogens with one attached hydrogen (secondary N) is 1. The molecule has 0 spiro atoms. The molecule has 0 aliphatic carbocycles. The number of sulfonamides is 1. The quantitative estimate of drug-likeness (QED) is 0.906. The van der Waals surface area contributed by atoms with Gasteiger partial charge in [0.1, 0.15) is 0 Å². The van der Waals surface area contributed by atoms with E-state index in [1.165, 1.54) is 16.7 Å². The van der Waals surface area contributed by atoms with Crippen molar-refractivity contribution in [1.82, 2.24) is 9.29 Å². The zero-order valence-electron chi connectivity index (χ0n) is 11.2. The zero-order valence-corrected chi connectivity index (χ0v) is 12.0. The molecule has 0 amide bonds. The molecule has 0 aliphatic rings. The maximum absolute atomic E-state index is 12.1. The maximum atomic E-state index is 12.1. The van der Waals surface area contributed by atoms with Crippen LogP contribution in [0.5, 0.6) is 0 Å². The molecule has 0 atom stereocenters. The summed E-state index contributed by atoms with van der Waals surface area (Å²) in [4.78, 5) is 11.4. The van der Waals surface area contributed by atoms with E-state index < -0.39 is 21.3 Å². The number of hydrogen-bond acceptors (Lipinski definition) is 4. The fraction of sp³-hybridized carbons (Fsp3) is 0.417. The molecule has 106 valence electrons. The first-order valence-electron chi connectivity index (χ1n) is 5.74. The van der Waals surface area contributed by atoms with Gasteiger partial charge in [0.05, 0.1) is 10.4 Å². The lowest BCUT2D eigenvalue weighted by Crippen LogP contribution is -2.40. The van der Waals surface area contributed by atoms with Crippen LogP contribution in [0.2, 0.25) is 0 Å². The third kappa shape index (κ3) is 2.71. The Balaban J connectivity index is 0.00000200. The van der Waals surface area contributed by atoms with Crippen LogP contribution in [0.15, 0.2) is 32.3 Å². The summed E-state index contributed by atoms with van der Waals surface area (Å²) in [7, 11) is -2.07. The van der Waals surface area contributed by atoms with E-state index in [1.807, 2.05) is 0 Å². The lowest BCUT2D eigenvalue weighted by atomic mass is 10.1. The van der Waals surface area contributed by atoms with Gasteiger partial charge in [0, 0.05) is 20.1 Å². The van der Waals surface area contributed by atoms with Gasteiger partial charge in [-0.15, -0.1) is 0 Å². The molecule has 19 heavy (non-hydrogen) atoms. The van der Waals surface area contributed by atoms with Gasteiger partial charge >= 0.3 is 5.76 Å². The van der Waals surface area contributed by atoms with E-state index in [2.05, 4.69) is 4.72 Å². The van der Waals surface area contributed by atoms with Gasteiger partial charge in [-0.05, 0) is 32.9 Å². The predicted octanol–water partition coefficient (Wildman–Crippen LogP) is 1.45. The van der Waals surface area contributed by atoms with Crippen molar-refractivity contribution in [2.45, 2.75) is 31.2 Å². The maximum Gasteiger partial charge on any atom is 0.419 e. The minimum Gasteiger partial charge on any atom is -0.408 e. The van der Waals surface area contributed by atoms with E-state index >= 15 is 0 Å². The molecular weight excluding hydrogens is 268 g/mol. The highest BCUT2D eigenvalue weighted by atomic mass is 32.2. The third-order valence-electron chi connectivity index (χ3n) is 2.51. The van der Waals surface area contributed by atoms with Crippen molar-refractivity contribution in [2.75, 3.05) is 0 Å². The first-order chi connectivity index (χ1) is 8.60. The Morgan fingerprint density at radius 2 is 1.95 bits per heavy atom. The van der Waals surface area contributed by atoms with Gasteiger partial charge in [0.15, 0.2) is 5.58 Å². The summed E-state index contributed by atoms with van der Waals surface area (Å²) in [6, 6.07) is 4.35. The van der Waals surface area contributed by atoms with Gasteiger partial charge in [0.25, 0.3) is 0 Å². The smallest absolute Gasteiger partial charge is 0.408 e. The van der Waals surface area contributed by atoms with E-state index in [0.29, 0.717) is 5.52 Å². The number of hydrogen-bond donors (Lipinski definition) is 1. The second-order valence-electron chi connectivity index (χ2n) is 5.41. The molecule has 0 fully saturated rings. The van der Waals surface area contributed by atoms with Crippen LogP contribution in [0.25, 0.3) is 11.1 Å². The van der Waals surface area contributed by atoms with Crippen LogP contribution in [0.1, 0.15) is 22.2 Å². The molecule has 1 N–H and O–H groups in total. The summed E-state index contributed by atoms with van der Waals surface area (Å²) in [5.74, 6) is -0.520. The van der Waals surface area contributed by atoms with E-state index in [0.717, 1.165) is 0 Å². The fourth-order valence-electron chi connectivity index (χ4n) is 1.74. The predicted molar refractivity (Wildman–Crippen MR) is 73.6 cm³/mol. The highest BCUT2D eigenvalue weighted by Crippen LogP contribution is 2.19. The lowest BCUT2D eigenvalue weighted by molar-refractivity contribution is 0.491. The largest absolute Gasteiger partial charge is 0.419 e. The molecule has 7 heteroatoms. The number of aromatic nitrogens is 1. The van der Waals surface area contributed by atoms with E-state index in [9.17, 15) is 13.2 Å². The topological polar surface area (TPSA) is 81.3 Å². The minimum atomic E-state index is -3.63. The van der Waals surface area contributed by atoms with Crippen LogP contribution in [0, 0.1) is 0 Å². The van der Waals surface area contributed by atoms with E-state index in [-0.39, 0.29) is 11.9 Å². The highest BCUT2D eigenvalue weighted by Gasteiger charge is 2.22. The first-order valence-corrected chi connectivity index (χ1v) is 7.22. The number of benzene rings is 1. The van der Waals surface area contributed by atoms with Gasteiger partial charge in [-0.1, -0.05) is 0 Å². The molecule has 0 radical (unpaired) electrons. The van der Waals surface area contributed by atoms with Crippen molar-refractivity contribution in [3.8, 4) is 0 Å². The Hall–Kier alpha value is -1.60. The molecule has 0 saturated carbocycles. The van der Waals surface area contributed by atoms with Crippen LogP contribution in [0.4, 0.5) is 0 Å². The number of nitrogens with zero attached hydrogens (tertiary/aromatic N) is 1.